The van der Waals surface area contributed by atoms with Gasteiger partial charge in [-0.3, -0.25) is 4.79 Å². The van der Waals surface area contributed by atoms with Gasteiger partial charge in [-0.15, -0.1) is 0 Å². The molecule has 1 fully saturated rings. The first-order valence-corrected chi connectivity index (χ1v) is 9.61. The molecule has 3 heterocycles. The van der Waals surface area contributed by atoms with Crippen molar-refractivity contribution in [3.8, 4) is 6.07 Å². The van der Waals surface area contributed by atoms with Gasteiger partial charge >= 0.3 is 0 Å². The molecule has 0 saturated carbocycles. The Labute approximate surface area is 174 Å². The quantitative estimate of drug-likeness (QED) is 0.659. The van der Waals surface area contributed by atoms with Gasteiger partial charge in [0, 0.05) is 43.4 Å². The molecule has 0 aliphatic carbocycles. The van der Waals surface area contributed by atoms with E-state index in [0.29, 0.717) is 11.5 Å². The number of nitriles is 1. The smallest absolute Gasteiger partial charge is 0.250 e. The second kappa shape index (κ2) is 8.17. The lowest BCUT2D eigenvalue weighted by molar-refractivity contribution is -0.113. The van der Waals surface area contributed by atoms with Crippen molar-refractivity contribution >= 4 is 34.1 Å². The molecule has 150 valence electrons. The molecule has 1 aliphatic heterocycles. The zero-order valence-corrected chi connectivity index (χ0v) is 16.6. The minimum atomic E-state index is -0.151. The second-order valence-electron chi connectivity index (χ2n) is 7.12. The molecule has 2 aromatic heterocycles. The van der Waals surface area contributed by atoms with Crippen LogP contribution in [0.2, 0.25) is 0 Å². The van der Waals surface area contributed by atoms with Crippen LogP contribution in [0.3, 0.4) is 0 Å². The Morgan fingerprint density at radius 2 is 2.13 bits per heavy atom. The van der Waals surface area contributed by atoms with Gasteiger partial charge in [-0.1, -0.05) is 6.58 Å². The number of pyridine rings is 1. The normalized spacial score (nSPS) is 15.6. The van der Waals surface area contributed by atoms with Crippen LogP contribution in [0.5, 0.6) is 0 Å². The van der Waals surface area contributed by atoms with E-state index < -0.39 is 0 Å². The van der Waals surface area contributed by atoms with Gasteiger partial charge in [0.1, 0.15) is 11.9 Å². The lowest BCUT2D eigenvalue weighted by atomic mass is 10.1. The summed E-state index contributed by atoms with van der Waals surface area (Å²) in [6.45, 7) is 5.17. The molecule has 8 heteroatoms. The van der Waals surface area contributed by atoms with E-state index in [-0.39, 0.29) is 11.9 Å². The highest BCUT2D eigenvalue weighted by molar-refractivity contribution is 6.03. The van der Waals surface area contributed by atoms with Gasteiger partial charge in [-0.25, -0.2) is 15.0 Å². The van der Waals surface area contributed by atoms with Crippen molar-refractivity contribution in [2.45, 2.75) is 12.5 Å². The summed E-state index contributed by atoms with van der Waals surface area (Å²) >= 11 is 0. The standard InChI is InChI=1S/C22H21N7O/c1-3-20(30)28(2)18-4-5-19-16(10-18)6-8-24-21(19)29-9-7-17(14-29)27-22-25-12-15(11-23)13-26-22/h3-6,8,10,12-13,17H,1,7,9,14H2,2H3,(H,25,26,27)/t17-/m1/s1. The Bertz CT molecular complexity index is 1140. The zero-order chi connectivity index (χ0) is 21.1. The number of nitrogens with one attached hydrogen (secondary N) is 1. The number of hydrogen-bond acceptors (Lipinski definition) is 7. The van der Waals surface area contributed by atoms with Crippen molar-refractivity contribution in [3.05, 3.63) is 61.1 Å². The van der Waals surface area contributed by atoms with E-state index in [1.807, 2.05) is 30.3 Å². The maximum atomic E-state index is 11.9. The van der Waals surface area contributed by atoms with Gasteiger partial charge in [0.05, 0.1) is 18.0 Å². The van der Waals surface area contributed by atoms with Crippen molar-refractivity contribution in [1.29, 1.82) is 5.26 Å². The van der Waals surface area contributed by atoms with E-state index in [1.54, 1.807) is 18.1 Å². The van der Waals surface area contributed by atoms with Crippen LogP contribution in [0.4, 0.5) is 17.5 Å². The van der Waals surface area contributed by atoms with Gasteiger partial charge in [0.15, 0.2) is 0 Å². The lowest BCUT2D eigenvalue weighted by Crippen LogP contribution is -2.27. The fourth-order valence-electron chi connectivity index (χ4n) is 3.59. The molecule has 0 unspecified atom stereocenters. The van der Waals surface area contributed by atoms with E-state index in [2.05, 4.69) is 31.7 Å². The molecule has 0 radical (unpaired) electrons. The Morgan fingerprint density at radius 3 is 2.87 bits per heavy atom. The zero-order valence-electron chi connectivity index (χ0n) is 16.6. The minimum Gasteiger partial charge on any atom is -0.354 e. The Balaban J connectivity index is 1.52. The molecule has 4 rings (SSSR count). The summed E-state index contributed by atoms with van der Waals surface area (Å²) in [5.41, 5.74) is 1.25. The van der Waals surface area contributed by atoms with Crippen molar-refractivity contribution < 1.29 is 4.79 Å². The van der Waals surface area contributed by atoms with Crippen LogP contribution in [0.15, 0.2) is 55.5 Å². The lowest BCUT2D eigenvalue weighted by Gasteiger charge is -2.21. The van der Waals surface area contributed by atoms with Crippen LogP contribution < -0.4 is 15.1 Å². The summed E-state index contributed by atoms with van der Waals surface area (Å²) < 4.78 is 0. The van der Waals surface area contributed by atoms with E-state index in [1.165, 1.54) is 18.5 Å². The molecular formula is C22H21N7O. The summed E-state index contributed by atoms with van der Waals surface area (Å²) in [5, 5.41) is 14.2. The molecule has 0 bridgehead atoms. The van der Waals surface area contributed by atoms with Crippen molar-refractivity contribution in [2.24, 2.45) is 0 Å². The van der Waals surface area contributed by atoms with Crippen LogP contribution in [0.1, 0.15) is 12.0 Å². The van der Waals surface area contributed by atoms with Crippen LogP contribution in [-0.4, -0.2) is 47.0 Å². The number of aromatic nitrogens is 3. The monoisotopic (exact) mass is 399 g/mol. The first-order valence-electron chi connectivity index (χ1n) is 9.61. The SMILES string of the molecule is C=CC(=O)N(C)c1ccc2c(N3CC[C@@H](Nc4ncc(C#N)cn4)C3)nccc2c1. The van der Waals surface area contributed by atoms with E-state index >= 15 is 0 Å². The first kappa shape index (κ1) is 19.3. The highest BCUT2D eigenvalue weighted by Gasteiger charge is 2.25. The van der Waals surface area contributed by atoms with E-state index in [9.17, 15) is 4.79 Å². The molecule has 1 amide bonds. The van der Waals surface area contributed by atoms with Crippen molar-refractivity contribution in [3.63, 3.8) is 0 Å². The van der Waals surface area contributed by atoms with Crippen molar-refractivity contribution in [1.82, 2.24) is 15.0 Å². The molecule has 3 aromatic rings. The molecule has 0 spiro atoms. The second-order valence-corrected chi connectivity index (χ2v) is 7.12. The number of benzene rings is 1. The highest BCUT2D eigenvalue weighted by Crippen LogP contribution is 2.30. The average Bonchev–Trinajstić information content (AvgIpc) is 3.26. The fourth-order valence-corrected chi connectivity index (χ4v) is 3.59. The topological polar surface area (TPSA) is 98.0 Å². The minimum absolute atomic E-state index is 0.151. The molecule has 1 N–H and O–H groups in total. The summed E-state index contributed by atoms with van der Waals surface area (Å²) in [4.78, 5) is 28.7. The van der Waals surface area contributed by atoms with Crippen LogP contribution >= 0.6 is 0 Å². The molecule has 1 aromatic carbocycles. The summed E-state index contributed by atoms with van der Waals surface area (Å²) in [5.74, 6) is 1.29. The Morgan fingerprint density at radius 1 is 1.33 bits per heavy atom. The van der Waals surface area contributed by atoms with Crippen molar-refractivity contribution in [2.75, 3.05) is 35.3 Å². The number of fused-ring (bicyclic) bond motifs is 1. The molecule has 30 heavy (non-hydrogen) atoms. The predicted octanol–water partition coefficient (Wildman–Crippen LogP) is 2.74. The number of carbonyl (C=O) groups excluding carboxylic acids is 1. The average molecular weight is 399 g/mol. The fraction of sp³-hybridized carbons (Fsp3) is 0.227. The third-order valence-electron chi connectivity index (χ3n) is 5.22. The first-order chi connectivity index (χ1) is 14.6. The number of nitrogens with zero attached hydrogens (tertiary/aromatic N) is 6. The van der Waals surface area contributed by atoms with Gasteiger partial charge in [-0.05, 0) is 42.1 Å². The number of carbonyl (C=O) groups is 1. The number of likely N-dealkylation sites (N-methyl/N-ethyl adjacent to an activating group) is 1. The van der Waals surface area contributed by atoms with Crippen LogP contribution in [-0.2, 0) is 4.79 Å². The molecule has 1 aliphatic rings. The van der Waals surface area contributed by atoms with E-state index in [0.717, 1.165) is 41.8 Å². The summed E-state index contributed by atoms with van der Waals surface area (Å²) in [6, 6.07) is 10.1. The highest BCUT2D eigenvalue weighted by atomic mass is 16.2. The maximum absolute atomic E-state index is 11.9. The molecule has 1 saturated heterocycles. The van der Waals surface area contributed by atoms with Gasteiger partial charge in [0.2, 0.25) is 11.9 Å². The Kier molecular flexibility index (Phi) is 5.26. The summed E-state index contributed by atoms with van der Waals surface area (Å²) in [7, 11) is 1.73. The van der Waals surface area contributed by atoms with Gasteiger partial charge < -0.3 is 15.1 Å². The number of anilines is 3. The van der Waals surface area contributed by atoms with Gasteiger partial charge in [-0.2, -0.15) is 5.26 Å². The number of amides is 1. The number of hydrogen-bond donors (Lipinski definition) is 1. The predicted molar refractivity (Wildman–Crippen MR) is 116 cm³/mol. The summed E-state index contributed by atoms with van der Waals surface area (Å²) in [6.07, 6.45) is 7.05. The molecular weight excluding hydrogens is 378 g/mol. The molecule has 1 atom stereocenters. The maximum Gasteiger partial charge on any atom is 0.250 e. The Hall–Kier alpha value is -3.99. The third kappa shape index (κ3) is 3.78. The van der Waals surface area contributed by atoms with Crippen LogP contribution in [0.25, 0.3) is 10.8 Å². The largest absolute Gasteiger partial charge is 0.354 e. The van der Waals surface area contributed by atoms with Crippen LogP contribution in [0, 0.1) is 11.3 Å². The van der Waals surface area contributed by atoms with Gasteiger partial charge in [0.25, 0.3) is 0 Å². The van der Waals surface area contributed by atoms with E-state index in [4.69, 9.17) is 5.26 Å². The number of rotatable bonds is 5. The third-order valence-corrected chi connectivity index (χ3v) is 5.22. The molecule has 8 nitrogen and oxygen atoms in total.